The molecule has 2 heterocycles. The van der Waals surface area contributed by atoms with Crippen LogP contribution < -0.4 is 10.6 Å². The molecule has 5 nitrogen and oxygen atoms in total. The molecule has 1 unspecified atom stereocenters. The van der Waals surface area contributed by atoms with Gasteiger partial charge in [0.15, 0.2) is 5.96 Å². The summed E-state index contributed by atoms with van der Waals surface area (Å²) in [6.07, 6.45) is 9.85. The lowest BCUT2D eigenvalue weighted by Crippen LogP contribution is -2.45. The monoisotopic (exact) mass is 505 g/mol. The first-order valence-electron chi connectivity index (χ1n) is 10.3. The second-order valence-corrected chi connectivity index (χ2v) is 9.13. The van der Waals surface area contributed by atoms with Gasteiger partial charge in [0.1, 0.15) is 0 Å². The summed E-state index contributed by atoms with van der Waals surface area (Å²) in [6, 6.07) is 0.655. The van der Waals surface area contributed by atoms with Crippen molar-refractivity contribution in [3.05, 3.63) is 15.6 Å². The number of hydrogen-bond acceptors (Lipinski definition) is 4. The highest BCUT2D eigenvalue weighted by Gasteiger charge is 2.27. The summed E-state index contributed by atoms with van der Waals surface area (Å²) in [6.45, 7) is 8.51. The number of nitrogens with one attached hydrogen (secondary N) is 2. The molecule has 2 fully saturated rings. The molecule has 1 saturated heterocycles. The Hall–Kier alpha value is -0.410. The number of halogens is 1. The number of aromatic nitrogens is 1. The molecule has 2 N–H and O–H groups in total. The summed E-state index contributed by atoms with van der Waals surface area (Å²) in [4.78, 5) is 12.9. The summed E-state index contributed by atoms with van der Waals surface area (Å²) in [5.74, 6) is 1.83. The predicted molar refractivity (Wildman–Crippen MR) is 126 cm³/mol. The first-order chi connectivity index (χ1) is 12.7. The fourth-order valence-corrected chi connectivity index (χ4v) is 5.28. The molecular formula is C20H36IN5S. The van der Waals surface area contributed by atoms with Gasteiger partial charge in [-0.2, -0.15) is 0 Å². The molecule has 154 valence electrons. The molecule has 2 aliphatic rings. The Bertz CT molecular complexity index is 597. The second kappa shape index (κ2) is 11.6. The summed E-state index contributed by atoms with van der Waals surface area (Å²) in [5, 5.41) is 8.14. The van der Waals surface area contributed by atoms with E-state index in [0.717, 1.165) is 35.7 Å². The quantitative estimate of drug-likeness (QED) is 0.348. The largest absolute Gasteiger partial charge is 0.355 e. The van der Waals surface area contributed by atoms with Crippen molar-refractivity contribution in [2.45, 2.75) is 71.4 Å². The number of hydrogen-bond donors (Lipinski definition) is 2. The highest BCUT2D eigenvalue weighted by molar-refractivity contribution is 14.0. The van der Waals surface area contributed by atoms with E-state index in [1.807, 2.05) is 7.05 Å². The van der Waals surface area contributed by atoms with E-state index >= 15 is 0 Å². The molecule has 0 amide bonds. The molecule has 3 rings (SSSR count). The fraction of sp³-hybridized carbons (Fsp3) is 0.800. The average molecular weight is 506 g/mol. The molecular weight excluding hydrogens is 469 g/mol. The van der Waals surface area contributed by atoms with Crippen molar-refractivity contribution in [3.8, 4) is 0 Å². The Labute approximate surface area is 185 Å². The molecule has 1 aromatic rings. The molecule has 0 bridgehead atoms. The van der Waals surface area contributed by atoms with E-state index in [-0.39, 0.29) is 24.0 Å². The van der Waals surface area contributed by atoms with Gasteiger partial charge in [0.05, 0.1) is 17.2 Å². The first kappa shape index (κ1) is 22.9. The van der Waals surface area contributed by atoms with E-state index < -0.39 is 0 Å². The maximum Gasteiger partial charge on any atom is 0.191 e. The standard InChI is InChI=1S/C20H35N5S.HI/c1-15-19(26-16(2)24-15)13-23-20(21-3)22-12-18-10-7-11-25(18)14-17-8-5-4-6-9-17;/h17-18H,4-14H2,1-3H3,(H2,21,22,23);1H. The molecule has 1 saturated carbocycles. The molecule has 0 aromatic carbocycles. The number of guanidine groups is 1. The van der Waals surface area contributed by atoms with Crippen LogP contribution in [0.15, 0.2) is 4.99 Å². The van der Waals surface area contributed by atoms with Crippen LogP contribution in [0.3, 0.4) is 0 Å². The lowest BCUT2D eigenvalue weighted by Gasteiger charge is -2.31. The zero-order valence-electron chi connectivity index (χ0n) is 17.1. The van der Waals surface area contributed by atoms with Gasteiger partial charge in [-0.05, 0) is 52.0 Å². The van der Waals surface area contributed by atoms with Crippen LogP contribution in [0.1, 0.15) is 60.5 Å². The molecule has 1 aromatic heterocycles. The Morgan fingerprint density at radius 1 is 1.15 bits per heavy atom. The summed E-state index contributed by atoms with van der Waals surface area (Å²) < 4.78 is 0. The number of nitrogens with zero attached hydrogens (tertiary/aromatic N) is 3. The van der Waals surface area contributed by atoms with Crippen LogP contribution >= 0.6 is 35.3 Å². The van der Waals surface area contributed by atoms with Gasteiger partial charge in [-0.15, -0.1) is 35.3 Å². The Balaban J connectivity index is 0.00000261. The summed E-state index contributed by atoms with van der Waals surface area (Å²) in [7, 11) is 1.86. The van der Waals surface area contributed by atoms with E-state index in [1.54, 1.807) is 11.3 Å². The van der Waals surface area contributed by atoms with Gasteiger partial charge < -0.3 is 10.6 Å². The highest BCUT2D eigenvalue weighted by atomic mass is 127. The maximum atomic E-state index is 4.50. The van der Waals surface area contributed by atoms with E-state index in [2.05, 4.69) is 39.4 Å². The maximum absolute atomic E-state index is 4.50. The number of aryl methyl sites for hydroxylation is 2. The topological polar surface area (TPSA) is 52.6 Å². The highest BCUT2D eigenvalue weighted by Crippen LogP contribution is 2.27. The van der Waals surface area contributed by atoms with Crippen molar-refractivity contribution >= 4 is 41.3 Å². The number of rotatable bonds is 6. The smallest absolute Gasteiger partial charge is 0.191 e. The molecule has 7 heteroatoms. The molecule has 1 aliphatic carbocycles. The minimum Gasteiger partial charge on any atom is -0.355 e. The van der Waals surface area contributed by atoms with Gasteiger partial charge in [0.25, 0.3) is 0 Å². The Kier molecular flexibility index (Phi) is 9.79. The van der Waals surface area contributed by atoms with Gasteiger partial charge in [0.2, 0.25) is 0 Å². The molecule has 27 heavy (non-hydrogen) atoms. The van der Waals surface area contributed by atoms with E-state index in [1.165, 1.54) is 62.9 Å². The minimum absolute atomic E-state index is 0. The van der Waals surface area contributed by atoms with Crippen LogP contribution in [-0.4, -0.2) is 48.6 Å². The van der Waals surface area contributed by atoms with Crippen molar-refractivity contribution in [3.63, 3.8) is 0 Å². The summed E-state index contributed by atoms with van der Waals surface area (Å²) in [5.41, 5.74) is 1.13. The van der Waals surface area contributed by atoms with Crippen molar-refractivity contribution < 1.29 is 0 Å². The van der Waals surface area contributed by atoms with Gasteiger partial charge in [0, 0.05) is 31.1 Å². The van der Waals surface area contributed by atoms with Gasteiger partial charge in [-0.25, -0.2) is 4.98 Å². The minimum atomic E-state index is 0. The molecule has 1 aliphatic heterocycles. The third-order valence-electron chi connectivity index (χ3n) is 5.86. The van der Waals surface area contributed by atoms with Crippen LogP contribution in [0, 0.1) is 19.8 Å². The number of aliphatic imine (C=N–C) groups is 1. The van der Waals surface area contributed by atoms with E-state index in [4.69, 9.17) is 0 Å². The van der Waals surface area contributed by atoms with Crippen LogP contribution in [0.4, 0.5) is 0 Å². The van der Waals surface area contributed by atoms with Gasteiger partial charge >= 0.3 is 0 Å². The van der Waals surface area contributed by atoms with Crippen LogP contribution in [-0.2, 0) is 6.54 Å². The number of likely N-dealkylation sites (tertiary alicyclic amines) is 1. The summed E-state index contributed by atoms with van der Waals surface area (Å²) >= 11 is 1.77. The SMILES string of the molecule is CN=C(NCc1sc(C)nc1C)NCC1CCCN1CC1CCCCC1.I. The lowest BCUT2D eigenvalue weighted by molar-refractivity contribution is 0.188. The number of thiazole rings is 1. The second-order valence-electron chi connectivity index (χ2n) is 7.84. The van der Waals surface area contributed by atoms with Crippen LogP contribution in [0.2, 0.25) is 0 Å². The normalized spacial score (nSPS) is 21.9. The van der Waals surface area contributed by atoms with Crippen LogP contribution in [0.25, 0.3) is 0 Å². The molecule has 0 spiro atoms. The van der Waals surface area contributed by atoms with E-state index in [9.17, 15) is 0 Å². The first-order valence-corrected chi connectivity index (χ1v) is 11.1. The fourth-order valence-electron chi connectivity index (χ4n) is 4.40. The van der Waals surface area contributed by atoms with E-state index in [0.29, 0.717) is 6.04 Å². The molecule has 1 atom stereocenters. The Morgan fingerprint density at radius 3 is 2.59 bits per heavy atom. The van der Waals surface area contributed by atoms with Crippen molar-refractivity contribution in [2.75, 3.05) is 26.7 Å². The molecule has 0 radical (unpaired) electrons. The van der Waals surface area contributed by atoms with Gasteiger partial charge in [-0.3, -0.25) is 9.89 Å². The zero-order valence-corrected chi connectivity index (χ0v) is 20.2. The third kappa shape index (κ3) is 6.85. The van der Waals surface area contributed by atoms with Crippen LogP contribution in [0.5, 0.6) is 0 Å². The zero-order chi connectivity index (χ0) is 18.4. The Morgan fingerprint density at radius 2 is 1.93 bits per heavy atom. The van der Waals surface area contributed by atoms with Crippen molar-refractivity contribution in [1.82, 2.24) is 20.5 Å². The average Bonchev–Trinajstić information content (AvgIpc) is 3.21. The predicted octanol–water partition coefficient (Wildman–Crippen LogP) is 4.09. The lowest BCUT2D eigenvalue weighted by atomic mass is 9.89. The van der Waals surface area contributed by atoms with Gasteiger partial charge in [-0.1, -0.05) is 19.3 Å². The van der Waals surface area contributed by atoms with Crippen molar-refractivity contribution in [1.29, 1.82) is 0 Å². The third-order valence-corrected chi connectivity index (χ3v) is 6.93. The van der Waals surface area contributed by atoms with Crippen molar-refractivity contribution in [2.24, 2.45) is 10.9 Å².